The summed E-state index contributed by atoms with van der Waals surface area (Å²) in [5.74, 6) is 0. The van der Waals surface area contributed by atoms with E-state index in [1.807, 2.05) is 13.8 Å². The molecule has 2 nitrogen and oxygen atoms in total. The number of nitriles is 1. The second-order valence-corrected chi connectivity index (χ2v) is 2.82. The molecule has 0 fully saturated rings. The Bertz CT molecular complexity index is 113. The van der Waals surface area contributed by atoms with Crippen molar-refractivity contribution in [2.45, 2.75) is 26.7 Å². The molecule has 0 spiro atoms. The van der Waals surface area contributed by atoms with Crippen molar-refractivity contribution >= 4 is 0 Å². The van der Waals surface area contributed by atoms with Crippen molar-refractivity contribution in [2.75, 3.05) is 6.61 Å². The zero-order valence-corrected chi connectivity index (χ0v) is 6.02. The fourth-order valence-corrected chi connectivity index (χ4v) is 0.577. The first-order chi connectivity index (χ1) is 4.12. The van der Waals surface area contributed by atoms with E-state index in [0.717, 1.165) is 12.8 Å². The van der Waals surface area contributed by atoms with E-state index >= 15 is 0 Å². The van der Waals surface area contributed by atoms with Crippen LogP contribution in [0.15, 0.2) is 0 Å². The van der Waals surface area contributed by atoms with Gasteiger partial charge >= 0.3 is 0 Å². The molecule has 0 saturated heterocycles. The molecule has 0 heterocycles. The smallest absolute Gasteiger partial charge is 0.0683 e. The van der Waals surface area contributed by atoms with Gasteiger partial charge in [-0.15, -0.1) is 0 Å². The topological polar surface area (TPSA) is 44.0 Å². The van der Waals surface area contributed by atoms with Gasteiger partial charge in [0.1, 0.15) is 0 Å². The van der Waals surface area contributed by atoms with Crippen LogP contribution in [0.2, 0.25) is 0 Å². The molecule has 0 aromatic carbocycles. The van der Waals surface area contributed by atoms with E-state index in [1.165, 1.54) is 0 Å². The van der Waals surface area contributed by atoms with E-state index in [-0.39, 0.29) is 12.0 Å². The van der Waals surface area contributed by atoms with Crippen molar-refractivity contribution in [3.05, 3.63) is 0 Å². The second-order valence-electron chi connectivity index (χ2n) is 2.82. The minimum atomic E-state index is -0.261. The Kier molecular flexibility index (Phi) is 3.26. The van der Waals surface area contributed by atoms with Crippen LogP contribution in [0.25, 0.3) is 0 Å². The van der Waals surface area contributed by atoms with E-state index < -0.39 is 0 Å². The summed E-state index contributed by atoms with van der Waals surface area (Å²) in [7, 11) is 0. The fourth-order valence-electron chi connectivity index (χ4n) is 0.577. The van der Waals surface area contributed by atoms with Gasteiger partial charge in [0.05, 0.1) is 11.5 Å². The quantitative estimate of drug-likeness (QED) is 0.621. The zero-order valence-electron chi connectivity index (χ0n) is 6.02. The summed E-state index contributed by atoms with van der Waals surface area (Å²) in [5, 5.41) is 16.9. The third kappa shape index (κ3) is 3.99. The molecular weight excluding hydrogens is 114 g/mol. The van der Waals surface area contributed by atoms with Crippen LogP contribution in [-0.4, -0.2) is 11.7 Å². The van der Waals surface area contributed by atoms with Gasteiger partial charge in [-0.2, -0.15) is 5.26 Å². The third-order valence-electron chi connectivity index (χ3n) is 1.26. The molecule has 0 rings (SSSR count). The van der Waals surface area contributed by atoms with Crippen molar-refractivity contribution in [1.29, 1.82) is 5.26 Å². The van der Waals surface area contributed by atoms with Crippen molar-refractivity contribution in [3.8, 4) is 6.07 Å². The predicted molar refractivity (Wildman–Crippen MR) is 35.7 cm³/mol. The van der Waals surface area contributed by atoms with Crippen LogP contribution in [0.1, 0.15) is 26.7 Å². The molecule has 0 aliphatic rings. The number of hydrogen-bond acceptors (Lipinski definition) is 2. The number of rotatable bonds is 3. The van der Waals surface area contributed by atoms with E-state index in [2.05, 4.69) is 6.07 Å². The number of aliphatic hydroxyl groups is 1. The van der Waals surface area contributed by atoms with E-state index in [9.17, 15) is 0 Å². The van der Waals surface area contributed by atoms with Gasteiger partial charge in [-0.05, 0) is 26.7 Å². The lowest BCUT2D eigenvalue weighted by molar-refractivity contribution is 0.264. The summed E-state index contributed by atoms with van der Waals surface area (Å²) in [6.45, 7) is 3.94. The summed E-state index contributed by atoms with van der Waals surface area (Å²) in [5.41, 5.74) is -0.261. The molecule has 0 aliphatic carbocycles. The van der Waals surface area contributed by atoms with Crippen molar-refractivity contribution in [2.24, 2.45) is 5.41 Å². The SMILES string of the molecule is CC(C)(C#N)CCCO. The van der Waals surface area contributed by atoms with E-state index in [4.69, 9.17) is 10.4 Å². The Morgan fingerprint density at radius 2 is 2.11 bits per heavy atom. The van der Waals surface area contributed by atoms with Crippen LogP contribution in [-0.2, 0) is 0 Å². The molecule has 0 radical (unpaired) electrons. The minimum absolute atomic E-state index is 0.186. The molecule has 0 saturated carbocycles. The monoisotopic (exact) mass is 127 g/mol. The number of nitrogens with zero attached hydrogens (tertiary/aromatic N) is 1. The zero-order chi connectivity index (χ0) is 7.33. The van der Waals surface area contributed by atoms with Crippen LogP contribution in [0.3, 0.4) is 0 Å². The van der Waals surface area contributed by atoms with Crippen molar-refractivity contribution in [3.63, 3.8) is 0 Å². The summed E-state index contributed by atoms with van der Waals surface area (Å²) < 4.78 is 0. The third-order valence-corrected chi connectivity index (χ3v) is 1.26. The van der Waals surface area contributed by atoms with Gasteiger partial charge in [-0.1, -0.05) is 0 Å². The van der Waals surface area contributed by atoms with Gasteiger partial charge in [0, 0.05) is 6.61 Å². The first-order valence-electron chi connectivity index (χ1n) is 3.14. The summed E-state index contributed by atoms with van der Waals surface area (Å²) in [4.78, 5) is 0. The Morgan fingerprint density at radius 3 is 2.44 bits per heavy atom. The van der Waals surface area contributed by atoms with Gasteiger partial charge in [0.2, 0.25) is 0 Å². The molecule has 0 bridgehead atoms. The molecule has 0 atom stereocenters. The second kappa shape index (κ2) is 3.47. The van der Waals surface area contributed by atoms with Gasteiger partial charge in [-0.25, -0.2) is 0 Å². The molecule has 9 heavy (non-hydrogen) atoms. The predicted octanol–water partition coefficient (Wildman–Crippen LogP) is 1.31. The van der Waals surface area contributed by atoms with Crippen LogP contribution in [0.5, 0.6) is 0 Å². The molecular formula is C7H13NO. The highest BCUT2D eigenvalue weighted by molar-refractivity contribution is 4.91. The molecule has 0 unspecified atom stereocenters. The summed E-state index contributed by atoms with van der Waals surface area (Å²) in [6.07, 6.45) is 1.50. The highest BCUT2D eigenvalue weighted by atomic mass is 16.2. The first kappa shape index (κ1) is 8.45. The lowest BCUT2D eigenvalue weighted by atomic mass is 9.90. The first-order valence-corrected chi connectivity index (χ1v) is 3.14. The van der Waals surface area contributed by atoms with Crippen molar-refractivity contribution in [1.82, 2.24) is 0 Å². The van der Waals surface area contributed by atoms with Crippen molar-refractivity contribution < 1.29 is 5.11 Å². The van der Waals surface area contributed by atoms with Gasteiger partial charge in [0.15, 0.2) is 0 Å². The molecule has 0 aromatic rings. The molecule has 0 amide bonds. The van der Waals surface area contributed by atoms with Crippen LogP contribution in [0.4, 0.5) is 0 Å². The Morgan fingerprint density at radius 1 is 1.56 bits per heavy atom. The minimum Gasteiger partial charge on any atom is -0.396 e. The molecule has 1 N–H and O–H groups in total. The molecule has 52 valence electrons. The maximum Gasteiger partial charge on any atom is 0.0683 e. The van der Waals surface area contributed by atoms with Gasteiger partial charge in [0.25, 0.3) is 0 Å². The maximum atomic E-state index is 8.49. The molecule has 0 aromatic heterocycles. The highest BCUT2D eigenvalue weighted by Crippen LogP contribution is 2.19. The Hall–Kier alpha value is -0.550. The summed E-state index contributed by atoms with van der Waals surface area (Å²) in [6, 6.07) is 2.16. The van der Waals surface area contributed by atoms with Gasteiger partial charge in [-0.3, -0.25) is 0 Å². The largest absolute Gasteiger partial charge is 0.396 e. The lowest BCUT2D eigenvalue weighted by Gasteiger charge is -2.12. The standard InChI is InChI=1S/C7H13NO/c1-7(2,6-8)4-3-5-9/h9H,3-5H2,1-2H3. The van der Waals surface area contributed by atoms with Crippen LogP contribution >= 0.6 is 0 Å². The Labute approximate surface area is 56.1 Å². The van der Waals surface area contributed by atoms with E-state index in [1.54, 1.807) is 0 Å². The molecule has 0 aliphatic heterocycles. The number of hydrogen-bond donors (Lipinski definition) is 1. The molecule has 2 heteroatoms. The fraction of sp³-hybridized carbons (Fsp3) is 0.857. The average Bonchev–Trinajstić information content (AvgIpc) is 1.84. The van der Waals surface area contributed by atoms with Crippen LogP contribution < -0.4 is 0 Å². The lowest BCUT2D eigenvalue weighted by Crippen LogP contribution is -2.07. The highest BCUT2D eigenvalue weighted by Gasteiger charge is 2.14. The van der Waals surface area contributed by atoms with Crippen LogP contribution in [0, 0.1) is 16.7 Å². The summed E-state index contributed by atoms with van der Waals surface area (Å²) >= 11 is 0. The number of aliphatic hydroxyl groups excluding tert-OH is 1. The Balaban J connectivity index is 3.49. The van der Waals surface area contributed by atoms with Gasteiger partial charge < -0.3 is 5.11 Å². The van der Waals surface area contributed by atoms with E-state index in [0.29, 0.717) is 0 Å². The normalized spacial score (nSPS) is 10.9. The maximum absolute atomic E-state index is 8.49. The average molecular weight is 127 g/mol.